The molecule has 0 aliphatic heterocycles. The van der Waals surface area contributed by atoms with Crippen LogP contribution in [0.25, 0.3) is 0 Å². The third-order valence-corrected chi connectivity index (χ3v) is 4.78. The summed E-state index contributed by atoms with van der Waals surface area (Å²) in [5, 5.41) is 7.06. The number of halogens is 1. The van der Waals surface area contributed by atoms with Gasteiger partial charge in [-0.05, 0) is 45.6 Å². The van der Waals surface area contributed by atoms with Crippen LogP contribution in [0.5, 0.6) is 5.88 Å². The Labute approximate surface area is 151 Å². The van der Waals surface area contributed by atoms with Crippen LogP contribution in [0.15, 0.2) is 16.8 Å². The van der Waals surface area contributed by atoms with Crippen molar-refractivity contribution >= 4 is 17.5 Å². The van der Waals surface area contributed by atoms with E-state index in [0.717, 1.165) is 24.1 Å². The zero-order valence-corrected chi connectivity index (χ0v) is 15.2. The number of rotatable bonds is 5. The molecule has 0 atom stereocenters. The topological polar surface area (TPSA) is 77.3 Å². The standard InChI is InChI=1S/C18H22ClN3O3/c1-11-15(12(2)25-22-11)10-20-17(23)13-8-16(19)18(21-9-13)24-14-6-4-3-5-7-14/h8-9,14H,3-7,10H2,1-2H3,(H,20,23). The third kappa shape index (κ3) is 4.31. The van der Waals surface area contributed by atoms with Gasteiger partial charge in [-0.3, -0.25) is 4.79 Å². The van der Waals surface area contributed by atoms with Gasteiger partial charge in [-0.15, -0.1) is 0 Å². The number of nitrogens with one attached hydrogen (secondary N) is 1. The lowest BCUT2D eigenvalue weighted by Crippen LogP contribution is -2.24. The molecule has 25 heavy (non-hydrogen) atoms. The minimum Gasteiger partial charge on any atom is -0.473 e. The first-order valence-electron chi connectivity index (χ1n) is 8.56. The first-order chi connectivity index (χ1) is 12.0. The van der Waals surface area contributed by atoms with E-state index in [0.29, 0.717) is 28.8 Å². The Bertz CT molecular complexity index is 735. The first kappa shape index (κ1) is 17.7. The number of aromatic nitrogens is 2. The number of carbonyl (C=O) groups excluding carboxylic acids is 1. The highest BCUT2D eigenvalue weighted by Crippen LogP contribution is 2.27. The molecule has 0 radical (unpaired) electrons. The normalized spacial score (nSPS) is 15.2. The molecule has 1 aliphatic rings. The second kappa shape index (κ2) is 7.87. The summed E-state index contributed by atoms with van der Waals surface area (Å²) in [5.41, 5.74) is 2.04. The summed E-state index contributed by atoms with van der Waals surface area (Å²) in [4.78, 5) is 16.5. The molecule has 0 bridgehead atoms. The largest absolute Gasteiger partial charge is 0.473 e. The van der Waals surface area contributed by atoms with Gasteiger partial charge in [-0.2, -0.15) is 0 Å². The summed E-state index contributed by atoms with van der Waals surface area (Å²) in [6.45, 7) is 4.00. The van der Waals surface area contributed by atoms with Gasteiger partial charge in [0, 0.05) is 18.3 Å². The molecule has 0 aromatic carbocycles. The van der Waals surface area contributed by atoms with Gasteiger partial charge in [0.05, 0.1) is 11.3 Å². The Kier molecular flexibility index (Phi) is 5.58. The third-order valence-electron chi connectivity index (χ3n) is 4.51. The van der Waals surface area contributed by atoms with Crippen LogP contribution < -0.4 is 10.1 Å². The van der Waals surface area contributed by atoms with Crippen molar-refractivity contribution in [3.63, 3.8) is 0 Å². The van der Waals surface area contributed by atoms with Crippen LogP contribution >= 0.6 is 11.6 Å². The number of hydrogen-bond donors (Lipinski definition) is 1. The van der Waals surface area contributed by atoms with Crippen LogP contribution in [-0.4, -0.2) is 22.2 Å². The quantitative estimate of drug-likeness (QED) is 0.869. The summed E-state index contributed by atoms with van der Waals surface area (Å²) in [6.07, 6.45) is 7.31. The fourth-order valence-corrected chi connectivity index (χ4v) is 3.21. The molecule has 1 fully saturated rings. The van der Waals surface area contributed by atoms with Crippen LogP contribution in [0.3, 0.4) is 0 Å². The molecule has 0 spiro atoms. The van der Waals surface area contributed by atoms with Gasteiger partial charge >= 0.3 is 0 Å². The number of carbonyl (C=O) groups is 1. The van der Waals surface area contributed by atoms with Crippen molar-refractivity contribution < 1.29 is 14.1 Å². The predicted molar refractivity (Wildman–Crippen MR) is 93.9 cm³/mol. The van der Waals surface area contributed by atoms with E-state index >= 15 is 0 Å². The van der Waals surface area contributed by atoms with E-state index in [4.69, 9.17) is 20.9 Å². The number of ether oxygens (including phenoxy) is 1. The number of hydrogen-bond acceptors (Lipinski definition) is 5. The van der Waals surface area contributed by atoms with Gasteiger partial charge in [0.2, 0.25) is 5.88 Å². The molecular weight excluding hydrogens is 342 g/mol. The van der Waals surface area contributed by atoms with Crippen molar-refractivity contribution in [1.29, 1.82) is 0 Å². The molecule has 2 aromatic rings. The van der Waals surface area contributed by atoms with Gasteiger partial charge in [-0.25, -0.2) is 4.98 Å². The molecule has 3 rings (SSSR count). The molecule has 2 aromatic heterocycles. The Morgan fingerprint density at radius 1 is 1.36 bits per heavy atom. The monoisotopic (exact) mass is 363 g/mol. The summed E-state index contributed by atoms with van der Waals surface area (Å²) >= 11 is 6.25. The number of nitrogens with zero attached hydrogens (tertiary/aromatic N) is 2. The van der Waals surface area contributed by atoms with Crippen molar-refractivity contribution in [2.75, 3.05) is 0 Å². The Morgan fingerprint density at radius 2 is 2.12 bits per heavy atom. The van der Waals surface area contributed by atoms with Gasteiger partial charge < -0.3 is 14.6 Å². The smallest absolute Gasteiger partial charge is 0.253 e. The van der Waals surface area contributed by atoms with Crippen LogP contribution in [0.4, 0.5) is 0 Å². The van der Waals surface area contributed by atoms with Gasteiger partial charge in [0.15, 0.2) is 0 Å². The highest BCUT2D eigenvalue weighted by atomic mass is 35.5. The summed E-state index contributed by atoms with van der Waals surface area (Å²) in [7, 11) is 0. The summed E-state index contributed by atoms with van der Waals surface area (Å²) in [6, 6.07) is 1.59. The van der Waals surface area contributed by atoms with Gasteiger partial charge in [-0.1, -0.05) is 23.2 Å². The maximum Gasteiger partial charge on any atom is 0.253 e. The molecule has 2 heterocycles. The fraction of sp³-hybridized carbons (Fsp3) is 0.500. The maximum absolute atomic E-state index is 12.3. The average molecular weight is 364 g/mol. The summed E-state index contributed by atoms with van der Waals surface area (Å²) in [5.74, 6) is 0.847. The zero-order valence-electron chi connectivity index (χ0n) is 14.5. The lowest BCUT2D eigenvalue weighted by molar-refractivity contribution is 0.0950. The molecule has 1 saturated carbocycles. The first-order valence-corrected chi connectivity index (χ1v) is 8.94. The highest BCUT2D eigenvalue weighted by Gasteiger charge is 2.18. The van der Waals surface area contributed by atoms with Crippen LogP contribution in [0.1, 0.15) is 59.5 Å². The molecule has 1 N–H and O–H groups in total. The Morgan fingerprint density at radius 3 is 2.76 bits per heavy atom. The van der Waals surface area contributed by atoms with Crippen molar-refractivity contribution in [3.8, 4) is 5.88 Å². The lowest BCUT2D eigenvalue weighted by Gasteiger charge is -2.22. The Hall–Kier alpha value is -2.08. The molecule has 134 valence electrons. The van der Waals surface area contributed by atoms with E-state index in [2.05, 4.69) is 15.5 Å². The lowest BCUT2D eigenvalue weighted by atomic mass is 9.98. The second-order valence-corrected chi connectivity index (χ2v) is 6.78. The van der Waals surface area contributed by atoms with Crippen molar-refractivity contribution in [1.82, 2.24) is 15.5 Å². The molecular formula is C18H22ClN3O3. The predicted octanol–water partition coefficient (Wildman–Crippen LogP) is 3.98. The molecule has 0 saturated heterocycles. The van der Waals surface area contributed by atoms with E-state index in [1.165, 1.54) is 25.5 Å². The molecule has 1 amide bonds. The van der Waals surface area contributed by atoms with E-state index in [-0.39, 0.29) is 12.0 Å². The maximum atomic E-state index is 12.3. The van der Waals surface area contributed by atoms with E-state index in [9.17, 15) is 4.79 Å². The number of aryl methyl sites for hydroxylation is 2. The highest BCUT2D eigenvalue weighted by molar-refractivity contribution is 6.32. The van der Waals surface area contributed by atoms with Gasteiger partial charge in [0.1, 0.15) is 16.9 Å². The summed E-state index contributed by atoms with van der Waals surface area (Å²) < 4.78 is 11.0. The minimum absolute atomic E-state index is 0.165. The molecule has 7 heteroatoms. The fourth-order valence-electron chi connectivity index (χ4n) is 3.00. The van der Waals surface area contributed by atoms with E-state index < -0.39 is 0 Å². The van der Waals surface area contributed by atoms with Crippen molar-refractivity contribution in [3.05, 3.63) is 39.9 Å². The van der Waals surface area contributed by atoms with Crippen LogP contribution in [-0.2, 0) is 6.54 Å². The van der Waals surface area contributed by atoms with Gasteiger partial charge in [0.25, 0.3) is 5.91 Å². The zero-order chi connectivity index (χ0) is 17.8. The number of amides is 1. The molecule has 1 aliphatic carbocycles. The average Bonchev–Trinajstić information content (AvgIpc) is 2.93. The van der Waals surface area contributed by atoms with E-state index in [1.807, 2.05) is 13.8 Å². The van der Waals surface area contributed by atoms with Crippen molar-refractivity contribution in [2.24, 2.45) is 0 Å². The van der Waals surface area contributed by atoms with Crippen LogP contribution in [0, 0.1) is 13.8 Å². The molecule has 0 unspecified atom stereocenters. The SMILES string of the molecule is Cc1noc(C)c1CNC(=O)c1cnc(OC2CCCCC2)c(Cl)c1. The van der Waals surface area contributed by atoms with Crippen LogP contribution in [0.2, 0.25) is 5.02 Å². The Balaban J connectivity index is 1.62. The van der Waals surface area contributed by atoms with E-state index in [1.54, 1.807) is 6.07 Å². The number of pyridine rings is 1. The molecule has 6 nitrogen and oxygen atoms in total. The van der Waals surface area contributed by atoms with Crippen molar-refractivity contribution in [2.45, 2.75) is 58.6 Å². The minimum atomic E-state index is -0.251. The second-order valence-electron chi connectivity index (χ2n) is 6.37.